The quantitative estimate of drug-likeness (QED) is 0.695. The molecule has 0 spiro atoms. The Morgan fingerprint density at radius 1 is 0.957 bits per heavy atom. The minimum atomic E-state index is -0.241. The van der Waals surface area contributed by atoms with Gasteiger partial charge in [0.1, 0.15) is 11.2 Å². The molecule has 1 atom stereocenters. The summed E-state index contributed by atoms with van der Waals surface area (Å²) in [5, 5.41) is 10.0. The predicted molar refractivity (Wildman–Crippen MR) is 95.0 cm³/mol. The van der Waals surface area contributed by atoms with Gasteiger partial charge in [0.25, 0.3) is 5.91 Å². The van der Waals surface area contributed by atoms with Crippen LogP contribution in [0.2, 0.25) is 5.02 Å². The van der Waals surface area contributed by atoms with Gasteiger partial charge in [-0.3, -0.25) is 4.79 Å². The standard InChI is InChI=1S/C18H13ClN2OS/c19-13-8-6-12(7-9-13)16-20-17(22)15-14(10-23-18(15)21-16)11-4-2-1-3-5-11/h1-10,16,21H,(H,20,22)/t16-/m0/s1. The number of rotatable bonds is 2. The highest BCUT2D eigenvalue weighted by Crippen LogP contribution is 2.39. The van der Waals surface area contributed by atoms with Crippen LogP contribution in [0.5, 0.6) is 0 Å². The second-order valence-electron chi connectivity index (χ2n) is 5.32. The zero-order chi connectivity index (χ0) is 15.8. The van der Waals surface area contributed by atoms with E-state index in [0.29, 0.717) is 10.6 Å². The van der Waals surface area contributed by atoms with E-state index in [0.717, 1.165) is 21.7 Å². The molecule has 2 aromatic carbocycles. The molecule has 0 fully saturated rings. The van der Waals surface area contributed by atoms with E-state index in [4.69, 9.17) is 11.6 Å². The molecule has 0 saturated heterocycles. The van der Waals surface area contributed by atoms with E-state index in [9.17, 15) is 4.79 Å². The van der Waals surface area contributed by atoms with Gasteiger partial charge in [-0.2, -0.15) is 0 Å². The van der Waals surface area contributed by atoms with Crippen LogP contribution in [0, 0.1) is 0 Å². The Kier molecular flexibility index (Phi) is 3.56. The Hall–Kier alpha value is -2.30. The van der Waals surface area contributed by atoms with E-state index in [1.165, 1.54) is 0 Å². The minimum Gasteiger partial charge on any atom is -0.353 e. The lowest BCUT2D eigenvalue weighted by atomic mass is 10.0. The molecule has 4 rings (SSSR count). The summed E-state index contributed by atoms with van der Waals surface area (Å²) in [7, 11) is 0. The third-order valence-electron chi connectivity index (χ3n) is 3.86. The van der Waals surface area contributed by atoms with E-state index >= 15 is 0 Å². The molecule has 0 bridgehead atoms. The molecule has 0 aliphatic carbocycles. The number of carbonyl (C=O) groups excluding carboxylic acids is 1. The molecule has 5 heteroatoms. The first-order valence-corrected chi connectivity index (χ1v) is 8.48. The van der Waals surface area contributed by atoms with Gasteiger partial charge in [0.05, 0.1) is 5.56 Å². The maximum absolute atomic E-state index is 12.6. The van der Waals surface area contributed by atoms with Crippen molar-refractivity contribution in [2.24, 2.45) is 0 Å². The fourth-order valence-corrected chi connectivity index (χ4v) is 3.83. The fourth-order valence-electron chi connectivity index (χ4n) is 2.71. The van der Waals surface area contributed by atoms with Crippen molar-refractivity contribution >= 4 is 33.8 Å². The van der Waals surface area contributed by atoms with Crippen LogP contribution >= 0.6 is 22.9 Å². The highest BCUT2D eigenvalue weighted by Gasteiger charge is 2.29. The maximum Gasteiger partial charge on any atom is 0.256 e. The largest absolute Gasteiger partial charge is 0.353 e. The molecule has 1 aromatic heterocycles. The van der Waals surface area contributed by atoms with E-state index in [1.54, 1.807) is 11.3 Å². The average molecular weight is 341 g/mol. The second kappa shape index (κ2) is 5.72. The van der Waals surface area contributed by atoms with Gasteiger partial charge in [-0.05, 0) is 23.3 Å². The molecule has 3 nitrogen and oxygen atoms in total. The van der Waals surface area contributed by atoms with Gasteiger partial charge in [0.2, 0.25) is 0 Å². The van der Waals surface area contributed by atoms with Gasteiger partial charge < -0.3 is 10.6 Å². The predicted octanol–water partition coefficient (Wildman–Crippen LogP) is 4.92. The number of carbonyl (C=O) groups is 1. The molecule has 2 heterocycles. The maximum atomic E-state index is 12.6. The summed E-state index contributed by atoms with van der Waals surface area (Å²) in [6, 6.07) is 17.4. The highest BCUT2D eigenvalue weighted by molar-refractivity contribution is 7.15. The van der Waals surface area contributed by atoms with Crippen molar-refractivity contribution in [2.45, 2.75) is 6.17 Å². The summed E-state index contributed by atoms with van der Waals surface area (Å²) in [4.78, 5) is 12.6. The third kappa shape index (κ3) is 2.60. The van der Waals surface area contributed by atoms with Crippen molar-refractivity contribution in [3.05, 3.63) is 76.1 Å². The molecule has 1 aliphatic rings. The molecule has 0 unspecified atom stereocenters. The number of hydrogen-bond donors (Lipinski definition) is 2. The van der Waals surface area contributed by atoms with E-state index in [-0.39, 0.29) is 12.1 Å². The molecular weight excluding hydrogens is 328 g/mol. The first kappa shape index (κ1) is 14.3. The lowest BCUT2D eigenvalue weighted by Crippen LogP contribution is -2.37. The number of fused-ring (bicyclic) bond motifs is 1. The number of nitrogens with one attached hydrogen (secondary N) is 2. The Morgan fingerprint density at radius 3 is 2.43 bits per heavy atom. The molecule has 114 valence electrons. The number of thiophene rings is 1. The Morgan fingerprint density at radius 2 is 1.70 bits per heavy atom. The van der Waals surface area contributed by atoms with Crippen molar-refractivity contribution < 1.29 is 4.79 Å². The van der Waals surface area contributed by atoms with Gasteiger partial charge >= 0.3 is 0 Å². The van der Waals surface area contributed by atoms with E-state index < -0.39 is 0 Å². The van der Waals surface area contributed by atoms with Gasteiger partial charge in [-0.1, -0.05) is 54.1 Å². The highest BCUT2D eigenvalue weighted by atomic mass is 35.5. The van der Waals surface area contributed by atoms with Crippen molar-refractivity contribution in [3.8, 4) is 11.1 Å². The van der Waals surface area contributed by atoms with E-state index in [1.807, 2.05) is 60.0 Å². The van der Waals surface area contributed by atoms with Crippen molar-refractivity contribution in [3.63, 3.8) is 0 Å². The monoisotopic (exact) mass is 340 g/mol. The first-order chi connectivity index (χ1) is 11.2. The molecule has 23 heavy (non-hydrogen) atoms. The number of amides is 1. The summed E-state index contributed by atoms with van der Waals surface area (Å²) in [5.74, 6) is -0.0567. The topological polar surface area (TPSA) is 41.1 Å². The van der Waals surface area contributed by atoms with Gasteiger partial charge in [-0.25, -0.2) is 0 Å². The molecule has 0 saturated carbocycles. The summed E-state index contributed by atoms with van der Waals surface area (Å²) in [5.41, 5.74) is 3.70. The Bertz CT molecular complexity index is 858. The van der Waals surface area contributed by atoms with E-state index in [2.05, 4.69) is 10.6 Å². The van der Waals surface area contributed by atoms with Crippen LogP contribution in [0.4, 0.5) is 5.00 Å². The van der Waals surface area contributed by atoms with Crippen LogP contribution in [0.3, 0.4) is 0 Å². The van der Waals surface area contributed by atoms with Crippen LogP contribution in [0.1, 0.15) is 22.1 Å². The zero-order valence-corrected chi connectivity index (χ0v) is 13.6. The van der Waals surface area contributed by atoms with Crippen molar-refractivity contribution in [2.75, 3.05) is 5.32 Å². The smallest absolute Gasteiger partial charge is 0.256 e. The summed E-state index contributed by atoms with van der Waals surface area (Å²) in [6.07, 6.45) is -0.241. The molecule has 1 aliphatic heterocycles. The summed E-state index contributed by atoms with van der Waals surface area (Å²) >= 11 is 7.48. The molecule has 2 N–H and O–H groups in total. The number of benzene rings is 2. The number of anilines is 1. The van der Waals surface area contributed by atoms with Crippen molar-refractivity contribution in [1.29, 1.82) is 0 Å². The van der Waals surface area contributed by atoms with Crippen molar-refractivity contribution in [1.82, 2.24) is 5.32 Å². The lowest BCUT2D eigenvalue weighted by molar-refractivity contribution is 0.0937. The second-order valence-corrected chi connectivity index (χ2v) is 6.64. The molecule has 0 radical (unpaired) electrons. The summed E-state index contributed by atoms with van der Waals surface area (Å²) in [6.45, 7) is 0. The minimum absolute atomic E-state index is 0.0567. The fraction of sp³-hybridized carbons (Fsp3) is 0.0556. The molecular formula is C18H13ClN2OS. The average Bonchev–Trinajstić information content (AvgIpc) is 3.01. The first-order valence-electron chi connectivity index (χ1n) is 7.22. The van der Waals surface area contributed by atoms with Crippen LogP contribution in [0.15, 0.2) is 60.0 Å². The summed E-state index contributed by atoms with van der Waals surface area (Å²) < 4.78 is 0. The van der Waals surface area contributed by atoms with Crippen LogP contribution in [-0.4, -0.2) is 5.91 Å². The SMILES string of the molecule is O=C1N[C@H](c2ccc(Cl)cc2)Nc2scc(-c3ccccc3)c21. The molecule has 1 amide bonds. The normalized spacial score (nSPS) is 16.4. The Labute approximate surface area is 142 Å². The number of halogens is 1. The molecule has 3 aromatic rings. The van der Waals surface area contributed by atoms with Crippen LogP contribution < -0.4 is 10.6 Å². The van der Waals surface area contributed by atoms with Gasteiger partial charge in [0.15, 0.2) is 0 Å². The Balaban J connectivity index is 1.70. The van der Waals surface area contributed by atoms with Gasteiger partial charge in [0, 0.05) is 16.0 Å². The number of hydrogen-bond acceptors (Lipinski definition) is 3. The van der Waals surface area contributed by atoms with Gasteiger partial charge in [-0.15, -0.1) is 11.3 Å². The third-order valence-corrected chi connectivity index (χ3v) is 5.02. The van der Waals surface area contributed by atoms with Crippen LogP contribution in [-0.2, 0) is 0 Å². The lowest BCUT2D eigenvalue weighted by Gasteiger charge is -2.26. The van der Waals surface area contributed by atoms with Crippen LogP contribution in [0.25, 0.3) is 11.1 Å². The zero-order valence-electron chi connectivity index (χ0n) is 12.0.